The van der Waals surface area contributed by atoms with E-state index in [2.05, 4.69) is 10.6 Å². The second-order valence-corrected chi connectivity index (χ2v) is 8.45. The first kappa shape index (κ1) is 23.3. The molecule has 0 saturated carbocycles. The van der Waals surface area contributed by atoms with Crippen molar-refractivity contribution in [2.75, 3.05) is 32.8 Å². The first-order chi connectivity index (χ1) is 16.4. The molecule has 3 amide bonds. The van der Waals surface area contributed by atoms with Crippen LogP contribution < -0.4 is 10.6 Å². The van der Waals surface area contributed by atoms with Gasteiger partial charge in [0, 0.05) is 19.0 Å². The van der Waals surface area contributed by atoms with E-state index in [0.29, 0.717) is 25.9 Å². The van der Waals surface area contributed by atoms with Crippen LogP contribution >= 0.6 is 0 Å². The molecule has 9 heteroatoms. The normalized spacial score (nSPS) is 15.2. The molecule has 178 valence electrons. The van der Waals surface area contributed by atoms with Crippen molar-refractivity contribution in [3.63, 3.8) is 0 Å². The lowest BCUT2D eigenvalue weighted by Crippen LogP contribution is -2.46. The zero-order chi connectivity index (χ0) is 24.1. The maximum atomic E-state index is 12.2. The Morgan fingerprint density at radius 1 is 0.882 bits per heavy atom. The van der Waals surface area contributed by atoms with Gasteiger partial charge in [0.05, 0.1) is 12.5 Å². The molecule has 9 nitrogen and oxygen atoms in total. The van der Waals surface area contributed by atoms with E-state index in [9.17, 15) is 19.2 Å². The molecule has 0 aromatic heterocycles. The van der Waals surface area contributed by atoms with Crippen molar-refractivity contribution in [1.82, 2.24) is 15.5 Å². The number of hydrogen-bond donors (Lipinski definition) is 3. The Morgan fingerprint density at radius 3 is 2.06 bits per heavy atom. The van der Waals surface area contributed by atoms with Crippen LogP contribution in [0.1, 0.15) is 29.9 Å². The third kappa shape index (κ3) is 5.19. The smallest absolute Gasteiger partial charge is 0.407 e. The van der Waals surface area contributed by atoms with E-state index in [1.165, 1.54) is 0 Å². The Labute approximate surface area is 197 Å². The van der Waals surface area contributed by atoms with Crippen LogP contribution in [0, 0.1) is 5.92 Å². The summed E-state index contributed by atoms with van der Waals surface area (Å²) in [5.74, 6) is -2.14. The summed E-state index contributed by atoms with van der Waals surface area (Å²) in [7, 11) is 0. The van der Waals surface area contributed by atoms with Crippen molar-refractivity contribution in [3.05, 3.63) is 59.7 Å². The number of piperidine rings is 1. The van der Waals surface area contributed by atoms with Gasteiger partial charge in [0.2, 0.25) is 11.8 Å². The van der Waals surface area contributed by atoms with Crippen molar-refractivity contribution in [3.8, 4) is 11.1 Å². The number of nitrogens with zero attached hydrogens (tertiary/aromatic N) is 1. The number of benzene rings is 2. The fourth-order valence-corrected chi connectivity index (χ4v) is 4.53. The standard InChI is InChI=1S/C25H27N3O6/c29-22(26-14-23(30)28-11-9-16(10-12-28)24(31)32)13-27-25(33)34-15-21-19-7-3-1-5-17(19)18-6-2-4-8-20(18)21/h1-8,16,21H,9-15H2,(H,26,29)(H,27,33)(H,31,32). The van der Waals surface area contributed by atoms with Gasteiger partial charge in [-0.05, 0) is 35.1 Å². The summed E-state index contributed by atoms with van der Waals surface area (Å²) >= 11 is 0. The maximum Gasteiger partial charge on any atom is 0.407 e. The second kappa shape index (κ2) is 10.4. The minimum absolute atomic E-state index is 0.0742. The third-order valence-electron chi connectivity index (χ3n) is 6.37. The molecule has 0 atom stereocenters. The largest absolute Gasteiger partial charge is 0.481 e. The van der Waals surface area contributed by atoms with E-state index < -0.39 is 23.9 Å². The fraction of sp³-hybridized carbons (Fsp3) is 0.360. The van der Waals surface area contributed by atoms with Gasteiger partial charge in [0.15, 0.2) is 0 Å². The van der Waals surface area contributed by atoms with Crippen LogP contribution in [-0.4, -0.2) is 66.7 Å². The van der Waals surface area contributed by atoms with E-state index in [0.717, 1.165) is 22.3 Å². The Bertz CT molecular complexity index is 1050. The predicted molar refractivity (Wildman–Crippen MR) is 123 cm³/mol. The summed E-state index contributed by atoms with van der Waals surface area (Å²) in [4.78, 5) is 49.0. The highest BCUT2D eigenvalue weighted by molar-refractivity contribution is 5.87. The quantitative estimate of drug-likeness (QED) is 0.574. The van der Waals surface area contributed by atoms with Crippen LogP contribution in [0.25, 0.3) is 11.1 Å². The molecule has 0 spiro atoms. The van der Waals surface area contributed by atoms with E-state index in [-0.39, 0.29) is 31.5 Å². The van der Waals surface area contributed by atoms with E-state index in [1.54, 1.807) is 4.90 Å². The molecule has 1 heterocycles. The maximum absolute atomic E-state index is 12.2. The molecule has 2 aromatic rings. The Hall–Kier alpha value is -3.88. The van der Waals surface area contributed by atoms with Crippen molar-refractivity contribution in [2.45, 2.75) is 18.8 Å². The second-order valence-electron chi connectivity index (χ2n) is 8.45. The molecule has 1 saturated heterocycles. The van der Waals surface area contributed by atoms with Crippen LogP contribution in [0.5, 0.6) is 0 Å². The molecule has 0 bridgehead atoms. The lowest BCUT2D eigenvalue weighted by molar-refractivity contribution is -0.145. The highest BCUT2D eigenvalue weighted by Gasteiger charge is 2.29. The number of hydrogen-bond acceptors (Lipinski definition) is 5. The number of carbonyl (C=O) groups excluding carboxylic acids is 3. The fourth-order valence-electron chi connectivity index (χ4n) is 4.53. The van der Waals surface area contributed by atoms with Gasteiger partial charge >= 0.3 is 12.1 Å². The average Bonchev–Trinajstić information content (AvgIpc) is 3.18. The summed E-state index contributed by atoms with van der Waals surface area (Å²) in [5, 5.41) is 13.9. The molecule has 3 N–H and O–H groups in total. The van der Waals surface area contributed by atoms with Crippen LogP contribution in [0.4, 0.5) is 4.79 Å². The number of aliphatic carboxylic acids is 1. The lowest BCUT2D eigenvalue weighted by atomic mass is 9.97. The molecule has 34 heavy (non-hydrogen) atoms. The highest BCUT2D eigenvalue weighted by atomic mass is 16.5. The minimum Gasteiger partial charge on any atom is -0.481 e. The summed E-state index contributed by atoms with van der Waals surface area (Å²) in [5.41, 5.74) is 4.45. The van der Waals surface area contributed by atoms with Crippen molar-refractivity contribution >= 4 is 23.9 Å². The summed E-state index contributed by atoms with van der Waals surface area (Å²) in [6, 6.07) is 16.0. The van der Waals surface area contributed by atoms with E-state index in [4.69, 9.17) is 9.84 Å². The number of fused-ring (bicyclic) bond motifs is 3. The van der Waals surface area contributed by atoms with Crippen molar-refractivity contribution < 1.29 is 29.0 Å². The van der Waals surface area contributed by atoms with Gasteiger partial charge in [-0.25, -0.2) is 4.79 Å². The first-order valence-electron chi connectivity index (χ1n) is 11.3. The van der Waals surface area contributed by atoms with Crippen LogP contribution in [0.3, 0.4) is 0 Å². The van der Waals surface area contributed by atoms with Crippen LogP contribution in [0.15, 0.2) is 48.5 Å². The zero-order valence-electron chi connectivity index (χ0n) is 18.7. The molecule has 0 radical (unpaired) electrons. The molecule has 2 aromatic carbocycles. The van der Waals surface area contributed by atoms with Crippen molar-refractivity contribution in [2.24, 2.45) is 5.92 Å². The van der Waals surface area contributed by atoms with Gasteiger partial charge < -0.3 is 25.4 Å². The number of amides is 3. The topological polar surface area (TPSA) is 125 Å². The van der Waals surface area contributed by atoms with Gasteiger partial charge in [-0.2, -0.15) is 0 Å². The van der Waals surface area contributed by atoms with Gasteiger partial charge in [-0.1, -0.05) is 48.5 Å². The van der Waals surface area contributed by atoms with Crippen LogP contribution in [-0.2, 0) is 19.1 Å². The average molecular weight is 466 g/mol. The Balaban J connectivity index is 1.19. The number of likely N-dealkylation sites (tertiary alicyclic amines) is 1. The molecule has 1 fully saturated rings. The molecule has 1 aliphatic carbocycles. The number of carboxylic acid groups (broad SMARTS) is 1. The number of ether oxygens (including phenoxy) is 1. The Kier molecular flexibility index (Phi) is 7.10. The number of nitrogens with one attached hydrogen (secondary N) is 2. The summed E-state index contributed by atoms with van der Waals surface area (Å²) in [6.45, 7) is 0.327. The molecule has 1 aliphatic heterocycles. The van der Waals surface area contributed by atoms with E-state index >= 15 is 0 Å². The van der Waals surface area contributed by atoms with Gasteiger partial charge in [-0.15, -0.1) is 0 Å². The van der Waals surface area contributed by atoms with E-state index in [1.807, 2.05) is 48.5 Å². The van der Waals surface area contributed by atoms with Gasteiger partial charge in [0.25, 0.3) is 0 Å². The number of rotatable bonds is 7. The number of alkyl carbamates (subject to hydrolysis) is 1. The zero-order valence-corrected chi connectivity index (χ0v) is 18.7. The predicted octanol–water partition coefficient (Wildman–Crippen LogP) is 1.96. The SMILES string of the molecule is O=C(CNC(=O)OCC1c2ccccc2-c2ccccc21)NCC(=O)N1CCC(C(=O)O)CC1. The molecular weight excluding hydrogens is 438 g/mol. The van der Waals surface area contributed by atoms with Crippen molar-refractivity contribution in [1.29, 1.82) is 0 Å². The Morgan fingerprint density at radius 2 is 1.47 bits per heavy atom. The molecule has 4 rings (SSSR count). The third-order valence-corrected chi connectivity index (χ3v) is 6.37. The van der Waals surface area contributed by atoms with Crippen LogP contribution in [0.2, 0.25) is 0 Å². The monoisotopic (exact) mass is 465 g/mol. The molecule has 0 unspecified atom stereocenters. The minimum atomic E-state index is -0.847. The molecule has 2 aliphatic rings. The number of carbonyl (C=O) groups is 4. The lowest BCUT2D eigenvalue weighted by Gasteiger charge is -2.30. The molecular formula is C25H27N3O6. The highest BCUT2D eigenvalue weighted by Crippen LogP contribution is 2.44. The van der Waals surface area contributed by atoms with Gasteiger partial charge in [-0.3, -0.25) is 14.4 Å². The summed E-state index contributed by atoms with van der Waals surface area (Å²) in [6.07, 6.45) is 0.0931. The summed E-state index contributed by atoms with van der Waals surface area (Å²) < 4.78 is 5.39. The van der Waals surface area contributed by atoms with Gasteiger partial charge in [0.1, 0.15) is 13.2 Å². The number of carboxylic acids is 1. The first-order valence-corrected chi connectivity index (χ1v) is 11.3.